The van der Waals surface area contributed by atoms with Crippen LogP contribution in [-0.4, -0.2) is 18.4 Å². The molecule has 0 fully saturated rings. The minimum absolute atomic E-state index is 0.0706. The van der Waals surface area contributed by atoms with E-state index in [1.807, 2.05) is 0 Å². The summed E-state index contributed by atoms with van der Waals surface area (Å²) in [6.45, 7) is -0.712. The van der Waals surface area contributed by atoms with E-state index in [2.05, 4.69) is 0 Å². The monoisotopic (exact) mass is 316 g/mol. The standard InChI is InChI=1S/C17H10F2O4/c18-11-5-6-13(19)12(8-11)14(20)9-22-17(21)16-7-10-3-1-2-4-15(10)23-16/h1-8H,9H2. The van der Waals surface area contributed by atoms with Crippen LogP contribution in [0.2, 0.25) is 0 Å². The van der Waals surface area contributed by atoms with Crippen molar-refractivity contribution in [2.75, 3.05) is 6.61 Å². The molecule has 0 saturated carbocycles. The highest BCUT2D eigenvalue weighted by Crippen LogP contribution is 2.19. The van der Waals surface area contributed by atoms with Gasteiger partial charge in [-0.1, -0.05) is 18.2 Å². The maximum absolute atomic E-state index is 13.5. The summed E-state index contributed by atoms with van der Waals surface area (Å²) < 4.78 is 36.6. The quantitative estimate of drug-likeness (QED) is 0.543. The first-order valence-corrected chi connectivity index (χ1v) is 6.68. The van der Waals surface area contributed by atoms with E-state index in [4.69, 9.17) is 9.15 Å². The lowest BCUT2D eigenvalue weighted by Crippen LogP contribution is -2.15. The fraction of sp³-hybridized carbons (Fsp3) is 0.0588. The molecule has 0 aliphatic carbocycles. The lowest BCUT2D eigenvalue weighted by molar-refractivity contribution is 0.0445. The third-order valence-electron chi connectivity index (χ3n) is 3.19. The summed E-state index contributed by atoms with van der Waals surface area (Å²) in [6.07, 6.45) is 0. The molecular weight excluding hydrogens is 306 g/mol. The van der Waals surface area contributed by atoms with Crippen LogP contribution in [0.5, 0.6) is 0 Å². The molecule has 0 aliphatic rings. The van der Waals surface area contributed by atoms with Crippen molar-refractivity contribution in [3.8, 4) is 0 Å². The Morgan fingerprint density at radius 2 is 1.83 bits per heavy atom. The van der Waals surface area contributed by atoms with E-state index in [1.165, 1.54) is 6.07 Å². The molecule has 1 heterocycles. The Hall–Kier alpha value is -3.02. The third-order valence-corrected chi connectivity index (χ3v) is 3.19. The van der Waals surface area contributed by atoms with Crippen LogP contribution >= 0.6 is 0 Å². The first-order valence-electron chi connectivity index (χ1n) is 6.68. The van der Waals surface area contributed by atoms with E-state index < -0.39 is 35.6 Å². The number of Topliss-reactive ketones (excluding diaryl/α,β-unsaturated/α-hetero) is 1. The number of esters is 1. The zero-order chi connectivity index (χ0) is 16.4. The van der Waals surface area contributed by atoms with Gasteiger partial charge in [0, 0.05) is 5.39 Å². The Balaban J connectivity index is 1.71. The Bertz CT molecular complexity index is 865. The minimum Gasteiger partial charge on any atom is -0.451 e. The summed E-state index contributed by atoms with van der Waals surface area (Å²) in [6, 6.07) is 10.9. The number of ether oxygens (including phenoxy) is 1. The molecule has 1 aromatic heterocycles. The highest BCUT2D eigenvalue weighted by atomic mass is 19.1. The second kappa shape index (κ2) is 6.00. The van der Waals surface area contributed by atoms with Crippen molar-refractivity contribution in [2.24, 2.45) is 0 Å². The molecule has 2 aromatic carbocycles. The average Bonchev–Trinajstić information content (AvgIpc) is 2.98. The van der Waals surface area contributed by atoms with Gasteiger partial charge in [0.05, 0.1) is 5.56 Å². The maximum Gasteiger partial charge on any atom is 0.374 e. The molecule has 0 spiro atoms. The molecule has 116 valence electrons. The Morgan fingerprint density at radius 1 is 1.04 bits per heavy atom. The summed E-state index contributed by atoms with van der Waals surface area (Å²) >= 11 is 0. The second-order valence-electron chi connectivity index (χ2n) is 4.77. The number of fused-ring (bicyclic) bond motifs is 1. The first kappa shape index (κ1) is 14.9. The maximum atomic E-state index is 13.5. The largest absolute Gasteiger partial charge is 0.451 e. The highest BCUT2D eigenvalue weighted by Gasteiger charge is 2.18. The smallest absolute Gasteiger partial charge is 0.374 e. The van der Waals surface area contributed by atoms with E-state index in [0.717, 1.165) is 18.2 Å². The van der Waals surface area contributed by atoms with Crippen molar-refractivity contribution < 1.29 is 27.5 Å². The lowest BCUT2D eigenvalue weighted by atomic mass is 10.1. The number of hydrogen-bond donors (Lipinski definition) is 0. The van der Waals surface area contributed by atoms with Crippen LogP contribution in [0.15, 0.2) is 52.9 Å². The van der Waals surface area contributed by atoms with Crippen LogP contribution in [0.25, 0.3) is 11.0 Å². The number of benzene rings is 2. The van der Waals surface area contributed by atoms with Gasteiger partial charge in [0.25, 0.3) is 0 Å². The normalized spacial score (nSPS) is 10.7. The number of ketones is 1. The van der Waals surface area contributed by atoms with E-state index in [-0.39, 0.29) is 5.76 Å². The summed E-state index contributed by atoms with van der Waals surface area (Å²) in [5, 5.41) is 0.710. The molecule has 0 amide bonds. The molecular formula is C17H10F2O4. The molecule has 0 N–H and O–H groups in total. The number of carbonyl (C=O) groups excluding carboxylic acids is 2. The van der Waals surface area contributed by atoms with Crippen LogP contribution < -0.4 is 0 Å². The van der Waals surface area contributed by atoms with E-state index in [1.54, 1.807) is 24.3 Å². The molecule has 0 aliphatic heterocycles. The van der Waals surface area contributed by atoms with Crippen LogP contribution in [-0.2, 0) is 4.74 Å². The molecule has 0 saturated heterocycles. The molecule has 3 rings (SSSR count). The van der Waals surface area contributed by atoms with Gasteiger partial charge in [-0.15, -0.1) is 0 Å². The molecule has 0 radical (unpaired) electrons. The van der Waals surface area contributed by atoms with Gasteiger partial charge in [-0.3, -0.25) is 4.79 Å². The van der Waals surface area contributed by atoms with Crippen molar-refractivity contribution >= 4 is 22.7 Å². The van der Waals surface area contributed by atoms with Crippen molar-refractivity contribution in [3.05, 3.63) is 71.5 Å². The van der Waals surface area contributed by atoms with Crippen molar-refractivity contribution in [1.29, 1.82) is 0 Å². The summed E-state index contributed by atoms with van der Waals surface area (Å²) in [7, 11) is 0. The SMILES string of the molecule is O=C(OCC(=O)c1cc(F)ccc1F)c1cc2ccccc2o1. The number of carbonyl (C=O) groups is 2. The Morgan fingerprint density at radius 3 is 2.61 bits per heavy atom. The molecule has 0 atom stereocenters. The van der Waals surface area contributed by atoms with Gasteiger partial charge < -0.3 is 9.15 Å². The van der Waals surface area contributed by atoms with Gasteiger partial charge in [0.1, 0.15) is 17.2 Å². The molecule has 4 nitrogen and oxygen atoms in total. The summed E-state index contributed by atoms with van der Waals surface area (Å²) in [5.74, 6) is -3.40. The molecule has 3 aromatic rings. The number of rotatable bonds is 4. The molecule has 0 bridgehead atoms. The summed E-state index contributed by atoms with van der Waals surface area (Å²) in [4.78, 5) is 23.7. The van der Waals surface area contributed by atoms with Gasteiger partial charge in [-0.25, -0.2) is 13.6 Å². The third kappa shape index (κ3) is 3.11. The summed E-state index contributed by atoms with van der Waals surface area (Å²) in [5.41, 5.74) is 0.0318. The van der Waals surface area contributed by atoms with E-state index in [9.17, 15) is 18.4 Å². The fourth-order valence-corrected chi connectivity index (χ4v) is 2.07. The topological polar surface area (TPSA) is 56.5 Å². The molecule has 6 heteroatoms. The van der Waals surface area contributed by atoms with Crippen LogP contribution in [0.1, 0.15) is 20.9 Å². The van der Waals surface area contributed by atoms with Crippen molar-refractivity contribution in [1.82, 2.24) is 0 Å². The molecule has 23 heavy (non-hydrogen) atoms. The predicted molar refractivity (Wildman–Crippen MR) is 77.2 cm³/mol. The van der Waals surface area contributed by atoms with Gasteiger partial charge in [0.2, 0.25) is 11.5 Å². The number of para-hydroxylation sites is 1. The molecule has 0 unspecified atom stereocenters. The van der Waals surface area contributed by atoms with Gasteiger partial charge in [-0.05, 0) is 30.3 Å². The zero-order valence-electron chi connectivity index (χ0n) is 11.7. The van der Waals surface area contributed by atoms with Gasteiger partial charge in [0.15, 0.2) is 6.61 Å². The number of halogens is 2. The lowest BCUT2D eigenvalue weighted by Gasteiger charge is -2.04. The minimum atomic E-state index is -0.879. The van der Waals surface area contributed by atoms with E-state index >= 15 is 0 Å². The Labute approximate surface area is 129 Å². The van der Waals surface area contributed by atoms with Crippen LogP contribution in [0.3, 0.4) is 0 Å². The van der Waals surface area contributed by atoms with Crippen LogP contribution in [0, 0.1) is 11.6 Å². The van der Waals surface area contributed by atoms with E-state index in [0.29, 0.717) is 11.0 Å². The zero-order valence-corrected chi connectivity index (χ0v) is 11.7. The van der Waals surface area contributed by atoms with Crippen molar-refractivity contribution in [2.45, 2.75) is 0 Å². The first-order chi connectivity index (χ1) is 11.0. The van der Waals surface area contributed by atoms with Gasteiger partial charge in [-0.2, -0.15) is 0 Å². The number of furan rings is 1. The van der Waals surface area contributed by atoms with Gasteiger partial charge >= 0.3 is 5.97 Å². The fourth-order valence-electron chi connectivity index (χ4n) is 2.07. The average molecular weight is 316 g/mol. The Kier molecular flexibility index (Phi) is 3.89. The van der Waals surface area contributed by atoms with Crippen LogP contribution in [0.4, 0.5) is 8.78 Å². The van der Waals surface area contributed by atoms with Crippen molar-refractivity contribution in [3.63, 3.8) is 0 Å². The predicted octanol–water partition coefficient (Wildman–Crippen LogP) is 3.75. The second-order valence-corrected chi connectivity index (χ2v) is 4.77. The highest BCUT2D eigenvalue weighted by molar-refractivity contribution is 5.99. The number of hydrogen-bond acceptors (Lipinski definition) is 4.